The van der Waals surface area contributed by atoms with Gasteiger partial charge in [-0.3, -0.25) is 9.48 Å². The number of benzene rings is 2. The first-order valence-corrected chi connectivity index (χ1v) is 8.02. The number of fused-ring (bicyclic) bond motifs is 1. The third-order valence-corrected chi connectivity index (χ3v) is 3.94. The van der Waals surface area contributed by atoms with Crippen LogP contribution >= 0.6 is 11.6 Å². The molecule has 118 valence electrons. The van der Waals surface area contributed by atoms with Crippen molar-refractivity contribution in [2.75, 3.05) is 6.54 Å². The van der Waals surface area contributed by atoms with E-state index >= 15 is 0 Å². The highest BCUT2D eigenvalue weighted by Crippen LogP contribution is 2.18. The summed E-state index contributed by atoms with van der Waals surface area (Å²) in [5.74, 6) is -0.0389. The van der Waals surface area contributed by atoms with Crippen LogP contribution in [0, 0.1) is 0 Å². The molecule has 1 aromatic heterocycles. The molecule has 0 saturated carbocycles. The van der Waals surface area contributed by atoms with Crippen molar-refractivity contribution in [3.8, 4) is 0 Å². The van der Waals surface area contributed by atoms with Crippen LogP contribution in [0.15, 0.2) is 54.7 Å². The van der Waals surface area contributed by atoms with Crippen LogP contribution in [0.1, 0.15) is 12.0 Å². The molecule has 0 bridgehead atoms. The molecule has 0 aliphatic heterocycles. The molecule has 3 rings (SSSR count). The van der Waals surface area contributed by atoms with Gasteiger partial charge >= 0.3 is 0 Å². The van der Waals surface area contributed by atoms with Crippen LogP contribution < -0.4 is 5.32 Å². The van der Waals surface area contributed by atoms with E-state index < -0.39 is 0 Å². The number of nitrogens with zero attached hydrogens (tertiary/aromatic N) is 2. The molecule has 0 saturated heterocycles. The molecule has 0 fully saturated rings. The van der Waals surface area contributed by atoms with Crippen molar-refractivity contribution in [2.24, 2.45) is 0 Å². The SMILES string of the molecule is O=C(Cn1ncc2ccc(Cl)cc21)NCCCc1ccccc1. The highest BCUT2D eigenvalue weighted by Gasteiger charge is 2.07. The highest BCUT2D eigenvalue weighted by molar-refractivity contribution is 6.31. The molecule has 3 aromatic rings. The molecule has 0 unspecified atom stereocenters. The first-order chi connectivity index (χ1) is 11.2. The zero-order valence-electron chi connectivity index (χ0n) is 12.7. The molecule has 1 amide bonds. The van der Waals surface area contributed by atoms with Gasteiger partial charge in [0.05, 0.1) is 11.7 Å². The Bertz CT molecular complexity index is 798. The minimum atomic E-state index is -0.0389. The first-order valence-electron chi connectivity index (χ1n) is 7.64. The second-order valence-corrected chi connectivity index (χ2v) is 5.88. The number of nitrogens with one attached hydrogen (secondary N) is 1. The van der Waals surface area contributed by atoms with E-state index in [-0.39, 0.29) is 12.5 Å². The number of rotatable bonds is 6. The van der Waals surface area contributed by atoms with E-state index in [0.29, 0.717) is 11.6 Å². The van der Waals surface area contributed by atoms with E-state index in [2.05, 4.69) is 22.5 Å². The maximum absolute atomic E-state index is 12.0. The molecular weight excluding hydrogens is 310 g/mol. The third kappa shape index (κ3) is 4.11. The van der Waals surface area contributed by atoms with E-state index in [1.54, 1.807) is 10.9 Å². The second kappa shape index (κ2) is 7.29. The summed E-state index contributed by atoms with van der Waals surface area (Å²) in [6.07, 6.45) is 3.62. The topological polar surface area (TPSA) is 46.9 Å². The Hall–Kier alpha value is -2.33. The molecule has 0 aliphatic rings. The van der Waals surface area contributed by atoms with E-state index in [1.165, 1.54) is 5.56 Å². The monoisotopic (exact) mass is 327 g/mol. The van der Waals surface area contributed by atoms with Gasteiger partial charge in [0.25, 0.3) is 0 Å². The van der Waals surface area contributed by atoms with E-state index in [0.717, 1.165) is 23.7 Å². The van der Waals surface area contributed by atoms with Gasteiger partial charge in [0.2, 0.25) is 5.91 Å². The van der Waals surface area contributed by atoms with Crippen molar-refractivity contribution < 1.29 is 4.79 Å². The van der Waals surface area contributed by atoms with Crippen LogP contribution in [0.2, 0.25) is 5.02 Å². The van der Waals surface area contributed by atoms with Crippen LogP contribution in [0.3, 0.4) is 0 Å². The molecule has 2 aromatic carbocycles. The zero-order valence-corrected chi connectivity index (χ0v) is 13.5. The lowest BCUT2D eigenvalue weighted by Gasteiger charge is -2.07. The van der Waals surface area contributed by atoms with Gasteiger partial charge in [-0.2, -0.15) is 5.10 Å². The fourth-order valence-electron chi connectivity index (χ4n) is 2.53. The summed E-state index contributed by atoms with van der Waals surface area (Å²) in [6, 6.07) is 15.8. The lowest BCUT2D eigenvalue weighted by Crippen LogP contribution is -2.29. The quantitative estimate of drug-likeness (QED) is 0.705. The largest absolute Gasteiger partial charge is 0.354 e. The van der Waals surface area contributed by atoms with E-state index in [9.17, 15) is 4.79 Å². The van der Waals surface area contributed by atoms with Crippen molar-refractivity contribution in [1.29, 1.82) is 0 Å². The Labute approximate surface area is 140 Å². The van der Waals surface area contributed by atoms with Gasteiger partial charge in [0, 0.05) is 17.0 Å². The number of amides is 1. The van der Waals surface area contributed by atoms with Gasteiger partial charge in [-0.25, -0.2) is 0 Å². The predicted octanol–water partition coefficient (Wildman–Crippen LogP) is 3.44. The lowest BCUT2D eigenvalue weighted by atomic mass is 10.1. The second-order valence-electron chi connectivity index (χ2n) is 5.44. The fraction of sp³-hybridized carbons (Fsp3) is 0.222. The number of hydrogen-bond acceptors (Lipinski definition) is 2. The molecule has 5 heteroatoms. The average molecular weight is 328 g/mol. The molecule has 1 heterocycles. The molecule has 23 heavy (non-hydrogen) atoms. The number of aryl methyl sites for hydroxylation is 1. The summed E-state index contributed by atoms with van der Waals surface area (Å²) in [6.45, 7) is 0.864. The number of carbonyl (C=O) groups excluding carboxylic acids is 1. The Balaban J connectivity index is 1.50. The smallest absolute Gasteiger partial charge is 0.241 e. The standard InChI is InChI=1S/C18H18ClN3O/c19-16-9-8-15-12-21-22(17(15)11-16)13-18(23)20-10-4-7-14-5-2-1-3-6-14/h1-3,5-6,8-9,11-12H,4,7,10,13H2,(H,20,23). The van der Waals surface area contributed by atoms with Gasteiger partial charge in [-0.05, 0) is 36.6 Å². The minimum absolute atomic E-state index is 0.0389. The van der Waals surface area contributed by atoms with Gasteiger partial charge < -0.3 is 5.32 Å². The summed E-state index contributed by atoms with van der Waals surface area (Å²) in [7, 11) is 0. The number of halogens is 1. The Morgan fingerprint density at radius 2 is 2.00 bits per heavy atom. The van der Waals surface area contributed by atoms with Crippen molar-refractivity contribution in [3.05, 3.63) is 65.3 Å². The molecule has 0 radical (unpaired) electrons. The highest BCUT2D eigenvalue weighted by atomic mass is 35.5. The normalized spacial score (nSPS) is 10.8. The molecule has 0 aliphatic carbocycles. The molecule has 0 spiro atoms. The van der Waals surface area contributed by atoms with Crippen molar-refractivity contribution >= 4 is 28.4 Å². The number of aromatic nitrogens is 2. The Morgan fingerprint density at radius 1 is 1.17 bits per heavy atom. The van der Waals surface area contributed by atoms with Crippen molar-refractivity contribution in [1.82, 2.24) is 15.1 Å². The van der Waals surface area contributed by atoms with E-state index in [4.69, 9.17) is 11.6 Å². The summed E-state index contributed by atoms with van der Waals surface area (Å²) >= 11 is 6.00. The lowest BCUT2D eigenvalue weighted by molar-refractivity contribution is -0.121. The maximum atomic E-state index is 12.0. The van der Waals surface area contributed by atoms with Gasteiger partial charge in [0.1, 0.15) is 6.54 Å². The minimum Gasteiger partial charge on any atom is -0.354 e. The molecule has 4 nitrogen and oxygen atoms in total. The van der Waals surface area contributed by atoms with Gasteiger partial charge in [-0.15, -0.1) is 0 Å². The maximum Gasteiger partial charge on any atom is 0.241 e. The summed E-state index contributed by atoms with van der Waals surface area (Å²) in [5, 5.41) is 8.81. The summed E-state index contributed by atoms with van der Waals surface area (Å²) in [4.78, 5) is 12.0. The fourth-order valence-corrected chi connectivity index (χ4v) is 2.69. The first kappa shape index (κ1) is 15.6. The van der Waals surface area contributed by atoms with Crippen molar-refractivity contribution in [3.63, 3.8) is 0 Å². The van der Waals surface area contributed by atoms with E-state index in [1.807, 2.05) is 36.4 Å². The summed E-state index contributed by atoms with van der Waals surface area (Å²) < 4.78 is 1.67. The van der Waals surface area contributed by atoms with Crippen LogP contribution in [-0.2, 0) is 17.8 Å². The Morgan fingerprint density at radius 3 is 2.83 bits per heavy atom. The Kier molecular flexibility index (Phi) is 4.93. The zero-order chi connectivity index (χ0) is 16.1. The number of carbonyl (C=O) groups is 1. The molecular formula is C18H18ClN3O. The van der Waals surface area contributed by atoms with Crippen LogP contribution in [-0.4, -0.2) is 22.2 Å². The summed E-state index contributed by atoms with van der Waals surface area (Å²) in [5.41, 5.74) is 2.16. The van der Waals surface area contributed by atoms with Crippen LogP contribution in [0.4, 0.5) is 0 Å². The molecule has 0 atom stereocenters. The van der Waals surface area contributed by atoms with Crippen LogP contribution in [0.5, 0.6) is 0 Å². The third-order valence-electron chi connectivity index (χ3n) is 3.71. The molecule has 1 N–H and O–H groups in total. The number of hydrogen-bond donors (Lipinski definition) is 1. The predicted molar refractivity (Wildman–Crippen MR) is 92.5 cm³/mol. The van der Waals surface area contributed by atoms with Crippen LogP contribution in [0.25, 0.3) is 10.9 Å². The van der Waals surface area contributed by atoms with Gasteiger partial charge in [0.15, 0.2) is 0 Å². The van der Waals surface area contributed by atoms with Crippen molar-refractivity contribution in [2.45, 2.75) is 19.4 Å². The van der Waals surface area contributed by atoms with Gasteiger partial charge in [-0.1, -0.05) is 41.9 Å². The average Bonchev–Trinajstić information content (AvgIpc) is 2.95.